The van der Waals surface area contributed by atoms with Gasteiger partial charge in [0.25, 0.3) is 5.91 Å². The third-order valence-corrected chi connectivity index (χ3v) is 4.30. The lowest BCUT2D eigenvalue weighted by molar-refractivity contribution is -0.147. The number of rotatable bonds is 3. The first kappa shape index (κ1) is 15.1. The highest BCUT2D eigenvalue weighted by Gasteiger charge is 2.34. The lowest BCUT2D eigenvalue weighted by Crippen LogP contribution is -2.51. The minimum atomic E-state index is -0.558. The molecule has 0 bridgehead atoms. The first-order chi connectivity index (χ1) is 9.65. The molecule has 0 radical (unpaired) electrons. The standard InChI is InChI=1S/C13H15ClN2O3S/c1-2-19-13(18)11-8-20-6-5-16(11)12(17)9-7-15-4-3-10(9)14/h3-4,7,11H,2,5-6,8H2,1H3. The minimum Gasteiger partial charge on any atom is -0.464 e. The number of aromatic nitrogens is 1. The van der Waals surface area contributed by atoms with Crippen LogP contribution in [0.5, 0.6) is 0 Å². The summed E-state index contributed by atoms with van der Waals surface area (Å²) >= 11 is 7.65. The molecule has 0 spiro atoms. The van der Waals surface area contributed by atoms with Crippen molar-refractivity contribution in [3.63, 3.8) is 0 Å². The van der Waals surface area contributed by atoms with Crippen LogP contribution in [0.3, 0.4) is 0 Å². The van der Waals surface area contributed by atoms with Gasteiger partial charge in [-0.1, -0.05) is 11.6 Å². The Bertz CT molecular complexity index is 512. The number of amides is 1. The van der Waals surface area contributed by atoms with E-state index >= 15 is 0 Å². The van der Waals surface area contributed by atoms with Crippen molar-refractivity contribution in [2.75, 3.05) is 24.7 Å². The Morgan fingerprint density at radius 3 is 3.10 bits per heavy atom. The molecule has 7 heteroatoms. The molecule has 1 unspecified atom stereocenters. The van der Waals surface area contributed by atoms with Crippen LogP contribution in [0.2, 0.25) is 5.02 Å². The number of nitrogens with zero attached hydrogens (tertiary/aromatic N) is 2. The molecule has 1 amide bonds. The summed E-state index contributed by atoms with van der Waals surface area (Å²) < 4.78 is 5.03. The van der Waals surface area contributed by atoms with Gasteiger partial charge >= 0.3 is 5.97 Å². The zero-order chi connectivity index (χ0) is 14.5. The summed E-state index contributed by atoms with van der Waals surface area (Å²) in [7, 11) is 0. The summed E-state index contributed by atoms with van der Waals surface area (Å²) in [6.07, 6.45) is 2.95. The maximum atomic E-state index is 12.5. The minimum absolute atomic E-state index is 0.276. The predicted octanol–water partition coefficient (Wildman–Crippen LogP) is 1.86. The smallest absolute Gasteiger partial charge is 0.329 e. The fourth-order valence-electron chi connectivity index (χ4n) is 1.97. The van der Waals surface area contributed by atoms with Crippen LogP contribution < -0.4 is 0 Å². The summed E-state index contributed by atoms with van der Waals surface area (Å²) in [5.41, 5.74) is 0.315. The highest BCUT2D eigenvalue weighted by atomic mass is 35.5. The number of ether oxygens (including phenoxy) is 1. The number of hydrogen-bond donors (Lipinski definition) is 0. The molecule has 1 aliphatic heterocycles. The van der Waals surface area contributed by atoms with E-state index in [1.54, 1.807) is 24.8 Å². The normalized spacial score (nSPS) is 18.7. The number of halogens is 1. The van der Waals surface area contributed by atoms with Gasteiger partial charge in [-0.05, 0) is 13.0 Å². The van der Waals surface area contributed by atoms with Gasteiger partial charge in [0, 0.05) is 30.4 Å². The number of carbonyl (C=O) groups is 2. The van der Waals surface area contributed by atoms with Crippen molar-refractivity contribution in [2.45, 2.75) is 13.0 Å². The SMILES string of the molecule is CCOC(=O)C1CSCCN1C(=O)c1cnccc1Cl. The topological polar surface area (TPSA) is 59.5 Å². The van der Waals surface area contributed by atoms with Crippen LogP contribution in [0.4, 0.5) is 0 Å². The summed E-state index contributed by atoms with van der Waals surface area (Å²) in [6.45, 7) is 2.55. The molecule has 1 saturated heterocycles. The first-order valence-electron chi connectivity index (χ1n) is 6.30. The Balaban J connectivity index is 2.22. The van der Waals surface area contributed by atoms with Crippen molar-refractivity contribution in [2.24, 2.45) is 0 Å². The molecule has 1 fully saturated rings. The van der Waals surface area contributed by atoms with E-state index < -0.39 is 6.04 Å². The number of pyridine rings is 1. The molecule has 1 aromatic heterocycles. The van der Waals surface area contributed by atoms with Gasteiger partial charge in [0.15, 0.2) is 0 Å². The van der Waals surface area contributed by atoms with E-state index in [1.165, 1.54) is 17.3 Å². The molecule has 5 nitrogen and oxygen atoms in total. The molecule has 0 N–H and O–H groups in total. The second-order valence-electron chi connectivity index (χ2n) is 4.20. The first-order valence-corrected chi connectivity index (χ1v) is 7.83. The fraction of sp³-hybridized carbons (Fsp3) is 0.462. The van der Waals surface area contributed by atoms with Crippen LogP contribution in [-0.4, -0.2) is 52.5 Å². The molecule has 0 aliphatic carbocycles. The van der Waals surface area contributed by atoms with E-state index in [2.05, 4.69) is 4.98 Å². The van der Waals surface area contributed by atoms with E-state index in [4.69, 9.17) is 16.3 Å². The molecule has 0 saturated carbocycles. The van der Waals surface area contributed by atoms with Gasteiger partial charge in [0.2, 0.25) is 0 Å². The van der Waals surface area contributed by atoms with Gasteiger partial charge in [0.1, 0.15) is 6.04 Å². The Morgan fingerprint density at radius 2 is 2.40 bits per heavy atom. The van der Waals surface area contributed by atoms with E-state index in [0.717, 1.165) is 5.75 Å². The maximum absolute atomic E-state index is 12.5. The predicted molar refractivity (Wildman–Crippen MR) is 78.0 cm³/mol. The van der Waals surface area contributed by atoms with E-state index in [-0.39, 0.29) is 11.9 Å². The van der Waals surface area contributed by atoms with Crippen molar-refractivity contribution in [1.29, 1.82) is 0 Å². The maximum Gasteiger partial charge on any atom is 0.329 e. The average molecular weight is 315 g/mol. The number of esters is 1. The second-order valence-corrected chi connectivity index (χ2v) is 5.75. The Hall–Kier alpha value is -1.27. The summed E-state index contributed by atoms with van der Waals surface area (Å²) in [5.74, 6) is 0.691. The molecule has 20 heavy (non-hydrogen) atoms. The van der Waals surface area contributed by atoms with Gasteiger partial charge in [-0.2, -0.15) is 11.8 Å². The molecular weight excluding hydrogens is 300 g/mol. The van der Waals surface area contributed by atoms with Crippen LogP contribution in [-0.2, 0) is 9.53 Å². The van der Waals surface area contributed by atoms with Crippen LogP contribution in [0.15, 0.2) is 18.5 Å². The molecule has 1 aromatic rings. The monoisotopic (exact) mass is 314 g/mol. The van der Waals surface area contributed by atoms with Gasteiger partial charge < -0.3 is 9.64 Å². The number of thioether (sulfide) groups is 1. The Morgan fingerprint density at radius 1 is 1.60 bits per heavy atom. The van der Waals surface area contributed by atoms with Crippen LogP contribution in [0, 0.1) is 0 Å². The van der Waals surface area contributed by atoms with Gasteiger partial charge in [0.05, 0.1) is 17.2 Å². The highest BCUT2D eigenvalue weighted by Crippen LogP contribution is 2.23. The zero-order valence-electron chi connectivity index (χ0n) is 11.0. The molecule has 2 heterocycles. The average Bonchev–Trinajstić information content (AvgIpc) is 2.47. The lowest BCUT2D eigenvalue weighted by Gasteiger charge is -2.33. The number of carbonyl (C=O) groups excluding carboxylic acids is 2. The highest BCUT2D eigenvalue weighted by molar-refractivity contribution is 7.99. The van der Waals surface area contributed by atoms with Crippen LogP contribution >= 0.6 is 23.4 Å². The van der Waals surface area contributed by atoms with E-state index in [1.807, 2.05) is 0 Å². The van der Waals surface area contributed by atoms with Crippen molar-refractivity contribution in [3.05, 3.63) is 29.0 Å². The molecule has 2 rings (SSSR count). The van der Waals surface area contributed by atoms with Crippen molar-refractivity contribution >= 4 is 35.2 Å². The van der Waals surface area contributed by atoms with Crippen molar-refractivity contribution in [1.82, 2.24) is 9.88 Å². The third kappa shape index (κ3) is 3.24. The third-order valence-electron chi connectivity index (χ3n) is 2.95. The Labute approximate surface area is 126 Å². The molecular formula is C13H15ClN2O3S. The van der Waals surface area contributed by atoms with Gasteiger partial charge in [-0.15, -0.1) is 0 Å². The van der Waals surface area contributed by atoms with Crippen molar-refractivity contribution < 1.29 is 14.3 Å². The van der Waals surface area contributed by atoms with E-state index in [0.29, 0.717) is 29.5 Å². The molecule has 0 aromatic carbocycles. The van der Waals surface area contributed by atoms with Gasteiger partial charge in [-0.25, -0.2) is 4.79 Å². The summed E-state index contributed by atoms with van der Waals surface area (Å²) in [6, 6.07) is 1.00. The second kappa shape index (κ2) is 6.95. The van der Waals surface area contributed by atoms with Crippen molar-refractivity contribution in [3.8, 4) is 0 Å². The van der Waals surface area contributed by atoms with Crippen LogP contribution in [0.25, 0.3) is 0 Å². The van der Waals surface area contributed by atoms with Gasteiger partial charge in [-0.3, -0.25) is 9.78 Å². The zero-order valence-corrected chi connectivity index (χ0v) is 12.6. The van der Waals surface area contributed by atoms with Crippen LogP contribution in [0.1, 0.15) is 17.3 Å². The fourth-order valence-corrected chi connectivity index (χ4v) is 3.19. The Kier molecular flexibility index (Phi) is 5.25. The summed E-state index contributed by atoms with van der Waals surface area (Å²) in [4.78, 5) is 29.9. The lowest BCUT2D eigenvalue weighted by atomic mass is 10.2. The quantitative estimate of drug-likeness (QED) is 0.797. The summed E-state index contributed by atoms with van der Waals surface area (Å²) in [5, 5.41) is 0.339. The van der Waals surface area contributed by atoms with E-state index in [9.17, 15) is 9.59 Å². The molecule has 108 valence electrons. The molecule has 1 atom stereocenters. The number of hydrogen-bond acceptors (Lipinski definition) is 5. The largest absolute Gasteiger partial charge is 0.464 e. The molecule has 1 aliphatic rings.